The summed E-state index contributed by atoms with van der Waals surface area (Å²) < 4.78 is 14.1. The summed E-state index contributed by atoms with van der Waals surface area (Å²) in [6.45, 7) is 1.90. The van der Waals surface area contributed by atoms with Gasteiger partial charge in [-0.2, -0.15) is 0 Å². The monoisotopic (exact) mass is 341 g/mol. The van der Waals surface area contributed by atoms with Crippen molar-refractivity contribution < 1.29 is 4.39 Å². The van der Waals surface area contributed by atoms with Crippen LogP contribution in [-0.4, -0.2) is 7.05 Å². The molecule has 0 heterocycles. The number of hydrogen-bond acceptors (Lipinski definition) is 1. The zero-order valence-corrected chi connectivity index (χ0v) is 13.0. The zero-order valence-electron chi connectivity index (χ0n) is 10.7. The molecule has 1 unspecified atom stereocenters. The standard InChI is InChI=1S/C15H14BrClFN/c1-9-7-11(18)4-6-12(9)15(19-2)13-5-3-10(16)8-14(13)17/h3-8,15,19H,1-2H3. The summed E-state index contributed by atoms with van der Waals surface area (Å²) in [5.74, 6) is -0.224. The molecule has 0 spiro atoms. The van der Waals surface area contributed by atoms with E-state index in [9.17, 15) is 4.39 Å². The summed E-state index contributed by atoms with van der Waals surface area (Å²) in [5.41, 5.74) is 2.90. The van der Waals surface area contributed by atoms with Crippen LogP contribution in [0.2, 0.25) is 5.02 Å². The average molecular weight is 343 g/mol. The minimum atomic E-state index is -0.224. The number of hydrogen-bond donors (Lipinski definition) is 1. The van der Waals surface area contributed by atoms with E-state index >= 15 is 0 Å². The number of rotatable bonds is 3. The van der Waals surface area contributed by atoms with Crippen LogP contribution in [0.3, 0.4) is 0 Å². The van der Waals surface area contributed by atoms with Gasteiger partial charge in [0.05, 0.1) is 6.04 Å². The third-order valence-corrected chi connectivity index (χ3v) is 3.93. The molecule has 0 saturated carbocycles. The molecule has 4 heteroatoms. The van der Waals surface area contributed by atoms with E-state index in [0.717, 1.165) is 21.2 Å². The van der Waals surface area contributed by atoms with Gasteiger partial charge >= 0.3 is 0 Å². The fourth-order valence-electron chi connectivity index (χ4n) is 2.18. The van der Waals surface area contributed by atoms with E-state index in [1.165, 1.54) is 12.1 Å². The minimum Gasteiger partial charge on any atom is -0.309 e. The Morgan fingerprint density at radius 2 is 1.84 bits per heavy atom. The first-order valence-electron chi connectivity index (χ1n) is 5.91. The van der Waals surface area contributed by atoms with Crippen LogP contribution in [0.15, 0.2) is 40.9 Å². The zero-order chi connectivity index (χ0) is 14.0. The lowest BCUT2D eigenvalue weighted by Crippen LogP contribution is -2.19. The Morgan fingerprint density at radius 1 is 1.16 bits per heavy atom. The van der Waals surface area contributed by atoms with Crippen molar-refractivity contribution >= 4 is 27.5 Å². The third kappa shape index (κ3) is 3.16. The second-order valence-electron chi connectivity index (χ2n) is 4.39. The molecule has 0 saturated heterocycles. The molecule has 0 fully saturated rings. The maximum Gasteiger partial charge on any atom is 0.123 e. The normalized spacial score (nSPS) is 12.5. The van der Waals surface area contributed by atoms with Gasteiger partial charge in [-0.05, 0) is 54.9 Å². The Kier molecular flexibility index (Phi) is 4.61. The Hall–Kier alpha value is -0.900. The molecule has 1 nitrogen and oxygen atoms in total. The molecule has 1 atom stereocenters. The highest BCUT2D eigenvalue weighted by Gasteiger charge is 2.17. The SMILES string of the molecule is CNC(c1ccc(F)cc1C)c1ccc(Br)cc1Cl. The van der Waals surface area contributed by atoms with Crippen molar-refractivity contribution in [1.82, 2.24) is 5.32 Å². The van der Waals surface area contributed by atoms with Crippen LogP contribution in [0.25, 0.3) is 0 Å². The van der Waals surface area contributed by atoms with Crippen molar-refractivity contribution in [3.05, 3.63) is 68.4 Å². The fraction of sp³-hybridized carbons (Fsp3) is 0.200. The van der Waals surface area contributed by atoms with Crippen molar-refractivity contribution in [2.45, 2.75) is 13.0 Å². The third-order valence-electron chi connectivity index (χ3n) is 3.11. The molecule has 0 aliphatic heterocycles. The molecule has 0 aliphatic carbocycles. The quantitative estimate of drug-likeness (QED) is 0.840. The van der Waals surface area contributed by atoms with Gasteiger partial charge in [0.2, 0.25) is 0 Å². The van der Waals surface area contributed by atoms with Crippen LogP contribution in [0.1, 0.15) is 22.7 Å². The minimum absolute atomic E-state index is 0.0544. The highest BCUT2D eigenvalue weighted by atomic mass is 79.9. The van der Waals surface area contributed by atoms with Gasteiger partial charge < -0.3 is 5.32 Å². The van der Waals surface area contributed by atoms with Gasteiger partial charge in [-0.25, -0.2) is 4.39 Å². The van der Waals surface area contributed by atoms with Crippen LogP contribution in [0.4, 0.5) is 4.39 Å². The van der Waals surface area contributed by atoms with Crippen LogP contribution in [-0.2, 0) is 0 Å². The summed E-state index contributed by atoms with van der Waals surface area (Å²) in [4.78, 5) is 0. The van der Waals surface area contributed by atoms with Crippen molar-refractivity contribution in [3.63, 3.8) is 0 Å². The van der Waals surface area contributed by atoms with Crippen LogP contribution in [0, 0.1) is 12.7 Å². The molecular formula is C15H14BrClFN. The van der Waals surface area contributed by atoms with E-state index in [-0.39, 0.29) is 11.9 Å². The Balaban J connectivity index is 2.50. The van der Waals surface area contributed by atoms with Crippen LogP contribution in [0.5, 0.6) is 0 Å². The van der Waals surface area contributed by atoms with Crippen LogP contribution >= 0.6 is 27.5 Å². The highest BCUT2D eigenvalue weighted by molar-refractivity contribution is 9.10. The van der Waals surface area contributed by atoms with Crippen molar-refractivity contribution in [3.8, 4) is 0 Å². The predicted octanol–water partition coefficient (Wildman–Crippen LogP) is 4.86. The largest absolute Gasteiger partial charge is 0.309 e. The first-order chi connectivity index (χ1) is 9.02. The molecule has 0 aliphatic rings. The van der Waals surface area contributed by atoms with E-state index in [4.69, 9.17) is 11.6 Å². The van der Waals surface area contributed by atoms with Gasteiger partial charge in [0, 0.05) is 9.50 Å². The maximum absolute atomic E-state index is 13.2. The summed E-state index contributed by atoms with van der Waals surface area (Å²) in [6, 6.07) is 10.5. The Bertz CT molecular complexity index is 549. The summed E-state index contributed by atoms with van der Waals surface area (Å²) >= 11 is 9.69. The van der Waals surface area contributed by atoms with Gasteiger partial charge in [-0.15, -0.1) is 0 Å². The Labute approximate surface area is 125 Å². The molecule has 0 aromatic heterocycles. The summed E-state index contributed by atoms with van der Waals surface area (Å²) in [7, 11) is 1.87. The summed E-state index contributed by atoms with van der Waals surface area (Å²) in [5, 5.41) is 3.91. The first kappa shape index (κ1) is 14.5. The number of nitrogens with one attached hydrogen (secondary N) is 1. The lowest BCUT2D eigenvalue weighted by molar-refractivity contribution is 0.621. The predicted molar refractivity (Wildman–Crippen MR) is 81.2 cm³/mol. The lowest BCUT2D eigenvalue weighted by Gasteiger charge is -2.20. The molecule has 100 valence electrons. The second kappa shape index (κ2) is 6.04. The molecule has 1 N–H and O–H groups in total. The highest BCUT2D eigenvalue weighted by Crippen LogP contribution is 2.31. The van der Waals surface area contributed by atoms with Gasteiger partial charge in [-0.1, -0.05) is 39.7 Å². The summed E-state index contributed by atoms with van der Waals surface area (Å²) in [6.07, 6.45) is 0. The smallest absolute Gasteiger partial charge is 0.123 e. The molecule has 2 aromatic carbocycles. The van der Waals surface area contributed by atoms with Gasteiger partial charge in [-0.3, -0.25) is 0 Å². The Morgan fingerprint density at radius 3 is 2.42 bits per heavy atom. The molecule has 0 radical (unpaired) electrons. The molecular weight excluding hydrogens is 329 g/mol. The fourth-order valence-corrected chi connectivity index (χ4v) is 2.96. The van der Waals surface area contributed by atoms with Gasteiger partial charge in [0.25, 0.3) is 0 Å². The van der Waals surface area contributed by atoms with E-state index in [1.54, 1.807) is 6.07 Å². The topological polar surface area (TPSA) is 12.0 Å². The van der Waals surface area contributed by atoms with Crippen molar-refractivity contribution in [1.29, 1.82) is 0 Å². The van der Waals surface area contributed by atoms with E-state index in [0.29, 0.717) is 5.02 Å². The van der Waals surface area contributed by atoms with E-state index < -0.39 is 0 Å². The average Bonchev–Trinajstić information content (AvgIpc) is 2.34. The van der Waals surface area contributed by atoms with Crippen molar-refractivity contribution in [2.24, 2.45) is 0 Å². The second-order valence-corrected chi connectivity index (χ2v) is 5.71. The lowest BCUT2D eigenvalue weighted by atomic mass is 9.95. The van der Waals surface area contributed by atoms with Gasteiger partial charge in [0.15, 0.2) is 0 Å². The first-order valence-corrected chi connectivity index (χ1v) is 7.08. The maximum atomic E-state index is 13.2. The van der Waals surface area contributed by atoms with Crippen molar-refractivity contribution in [2.75, 3.05) is 7.05 Å². The molecule has 0 bridgehead atoms. The van der Waals surface area contributed by atoms with Crippen LogP contribution < -0.4 is 5.32 Å². The van der Waals surface area contributed by atoms with E-state index in [2.05, 4.69) is 21.2 Å². The number of benzene rings is 2. The van der Waals surface area contributed by atoms with Gasteiger partial charge in [0.1, 0.15) is 5.82 Å². The molecule has 19 heavy (non-hydrogen) atoms. The molecule has 0 amide bonds. The number of halogens is 3. The molecule has 2 aromatic rings. The van der Waals surface area contributed by atoms with E-state index in [1.807, 2.05) is 32.2 Å². The molecule has 2 rings (SSSR count). The number of aryl methyl sites for hydroxylation is 1.